The maximum atomic E-state index is 14.2. The van der Waals surface area contributed by atoms with E-state index in [9.17, 15) is 35.3 Å². The molecule has 0 radical (unpaired) electrons. The lowest BCUT2D eigenvalue weighted by Gasteiger charge is -2.49. The Labute approximate surface area is 319 Å². The molecule has 0 amide bonds. The minimum atomic E-state index is -1.97. The lowest BCUT2D eigenvalue weighted by molar-refractivity contribution is -0.319. The second-order valence-electron chi connectivity index (χ2n) is 16.4. The molecule has 3 aliphatic rings. The number of likely N-dealkylation sites (N-methyl/N-ethyl adjacent to an activating group) is 1. The molecule has 17 heteroatoms. The highest BCUT2D eigenvalue weighted by Gasteiger charge is 2.54. The predicted molar refractivity (Wildman–Crippen MR) is 195 cm³/mol. The fourth-order valence-corrected chi connectivity index (χ4v) is 8.70. The monoisotopic (exact) mass is 777 g/mol. The maximum absolute atomic E-state index is 14.2. The van der Waals surface area contributed by atoms with Crippen LogP contribution in [0.2, 0.25) is 0 Å². The highest BCUT2D eigenvalue weighted by molar-refractivity contribution is 5.88. The van der Waals surface area contributed by atoms with E-state index >= 15 is 0 Å². The highest BCUT2D eigenvalue weighted by atomic mass is 16.7. The molecule has 3 saturated heterocycles. The summed E-state index contributed by atoms with van der Waals surface area (Å²) in [6.45, 7) is 16.9. The Morgan fingerprint density at radius 1 is 0.907 bits per heavy atom. The van der Waals surface area contributed by atoms with Crippen LogP contribution in [0.25, 0.3) is 0 Å². The Bertz CT molecular complexity index is 1280. The van der Waals surface area contributed by atoms with Gasteiger partial charge in [-0.2, -0.15) is 0 Å². The summed E-state index contributed by atoms with van der Waals surface area (Å²) < 4.78 is 43.7. The van der Waals surface area contributed by atoms with Crippen molar-refractivity contribution in [3.05, 3.63) is 4.91 Å². The zero-order chi connectivity index (χ0) is 41.1. The molecule has 1 unspecified atom stereocenters. The second-order valence-corrected chi connectivity index (χ2v) is 16.4. The van der Waals surface area contributed by atoms with Gasteiger partial charge in [0.25, 0.3) is 0 Å². The molecule has 5 N–H and O–H groups in total. The van der Waals surface area contributed by atoms with Crippen molar-refractivity contribution in [2.24, 2.45) is 34.1 Å². The van der Waals surface area contributed by atoms with E-state index in [1.165, 1.54) is 28.2 Å². The third-order valence-electron chi connectivity index (χ3n) is 12.4. The van der Waals surface area contributed by atoms with Crippen LogP contribution in [-0.4, -0.2) is 148 Å². The largest absolute Gasteiger partial charge is 0.459 e. The van der Waals surface area contributed by atoms with Gasteiger partial charge >= 0.3 is 5.97 Å². The third-order valence-corrected chi connectivity index (χ3v) is 12.4. The van der Waals surface area contributed by atoms with Gasteiger partial charge in [0.05, 0.1) is 64.7 Å². The molecule has 54 heavy (non-hydrogen) atoms. The number of aliphatic hydroxyl groups is 4. The summed E-state index contributed by atoms with van der Waals surface area (Å²) in [6.07, 6.45) is -10.00. The summed E-state index contributed by atoms with van der Waals surface area (Å²) in [6, 6.07) is -0.747. The van der Waals surface area contributed by atoms with Gasteiger partial charge in [0, 0.05) is 45.4 Å². The van der Waals surface area contributed by atoms with Crippen LogP contribution in [0.4, 0.5) is 0 Å². The zero-order valence-electron chi connectivity index (χ0n) is 34.2. The van der Waals surface area contributed by atoms with Crippen molar-refractivity contribution in [1.82, 2.24) is 5.01 Å². The Hall–Kier alpha value is -2.06. The van der Waals surface area contributed by atoms with E-state index < -0.39 is 114 Å². The summed E-state index contributed by atoms with van der Waals surface area (Å²) in [7, 11) is 4.41. The number of ether oxygens (including phenoxy) is 7. The van der Waals surface area contributed by atoms with Gasteiger partial charge < -0.3 is 58.8 Å². The quantitative estimate of drug-likeness (QED) is 0.0982. The minimum absolute atomic E-state index is 0.0888. The first-order valence-corrected chi connectivity index (χ1v) is 19.0. The number of carbonyl (C=O) groups is 1. The lowest BCUT2D eigenvalue weighted by atomic mass is 9.73. The van der Waals surface area contributed by atoms with Crippen molar-refractivity contribution in [2.45, 2.75) is 179 Å². The normalized spacial score (nSPS) is 48.1. The van der Waals surface area contributed by atoms with Gasteiger partial charge in [-0.05, 0) is 60.8 Å². The zero-order valence-corrected chi connectivity index (χ0v) is 34.2. The second kappa shape index (κ2) is 18.5. The molecule has 3 rings (SSSR count). The van der Waals surface area contributed by atoms with Crippen molar-refractivity contribution < 1.29 is 63.6 Å². The van der Waals surface area contributed by atoms with E-state index in [1.807, 2.05) is 0 Å². The molecule has 3 aliphatic heterocycles. The molecule has 0 aliphatic carbocycles. The number of esters is 1. The van der Waals surface area contributed by atoms with E-state index in [4.69, 9.17) is 33.2 Å². The first kappa shape index (κ1) is 46.3. The Kier molecular flexibility index (Phi) is 15.8. The van der Waals surface area contributed by atoms with E-state index in [2.05, 4.69) is 10.4 Å². The van der Waals surface area contributed by atoms with Crippen molar-refractivity contribution in [3.8, 4) is 0 Å². The van der Waals surface area contributed by atoms with Crippen LogP contribution in [-0.2, 0) is 38.0 Å². The molecule has 0 saturated carbocycles. The van der Waals surface area contributed by atoms with E-state index in [-0.39, 0.29) is 31.4 Å². The molecular weight excluding hydrogens is 710 g/mol. The van der Waals surface area contributed by atoms with Crippen LogP contribution in [0.1, 0.15) is 94.9 Å². The molecule has 0 aromatic heterocycles. The summed E-state index contributed by atoms with van der Waals surface area (Å²) >= 11 is 0. The summed E-state index contributed by atoms with van der Waals surface area (Å²) in [5, 5.41) is 63.8. The maximum Gasteiger partial charge on any atom is 0.311 e. The van der Waals surface area contributed by atoms with Gasteiger partial charge in [0.2, 0.25) is 0 Å². The van der Waals surface area contributed by atoms with Gasteiger partial charge in [-0.3, -0.25) is 9.80 Å². The third kappa shape index (κ3) is 9.55. The van der Waals surface area contributed by atoms with Crippen LogP contribution >= 0.6 is 0 Å². The van der Waals surface area contributed by atoms with Crippen LogP contribution in [0.15, 0.2) is 10.4 Å². The fraction of sp³-hybridized carbons (Fsp3) is 0.946. The average Bonchev–Trinajstić information content (AvgIpc) is 3.13. The standard InChI is InChI=1S/C37H67N3O14/c1-14-25-37(10,45)30(42)20(4)27(38-46)18(2)16-36(9,49-13)32(54-34-28(41)24(40(11)39-47)15-19(3)50-34)21(5)29(22(6)33(44)52-25)53-26-17-35(8,48-12)31(43)23(7)51-26/h18-26,28-32,34,41-43,45-46H,14-17H2,1-13H3/b38-27+/t18-,19-,20-,21-,22-,23+,24+,25+,26+,28+,29-,30+,31+,32-,34+,35-,36?,37-/m1/s1. The van der Waals surface area contributed by atoms with E-state index in [1.54, 1.807) is 62.3 Å². The molecule has 3 fully saturated rings. The number of oxime groups is 1. The predicted octanol–water partition coefficient (Wildman–Crippen LogP) is 2.75. The van der Waals surface area contributed by atoms with Crippen molar-refractivity contribution in [3.63, 3.8) is 0 Å². The molecule has 3 heterocycles. The van der Waals surface area contributed by atoms with E-state index in [0.717, 1.165) is 5.01 Å². The number of aliphatic hydroxyl groups excluding tert-OH is 3. The number of hydrogen-bond acceptors (Lipinski definition) is 16. The Morgan fingerprint density at radius 2 is 1.52 bits per heavy atom. The highest BCUT2D eigenvalue weighted by Crippen LogP contribution is 2.42. The van der Waals surface area contributed by atoms with Gasteiger partial charge in [0.1, 0.15) is 23.9 Å². The first-order valence-electron chi connectivity index (χ1n) is 19.0. The minimum Gasteiger partial charge on any atom is -0.459 e. The summed E-state index contributed by atoms with van der Waals surface area (Å²) in [5.41, 5.74) is -4.19. The van der Waals surface area contributed by atoms with Crippen LogP contribution in [0, 0.1) is 28.6 Å². The van der Waals surface area contributed by atoms with E-state index in [0.29, 0.717) is 0 Å². The van der Waals surface area contributed by atoms with Crippen molar-refractivity contribution in [2.75, 3.05) is 21.3 Å². The number of nitrogens with zero attached hydrogens (tertiary/aromatic N) is 3. The number of carbonyl (C=O) groups excluding carboxylic acids is 1. The number of methoxy groups -OCH3 is 2. The first-order chi connectivity index (χ1) is 25.1. The smallest absolute Gasteiger partial charge is 0.311 e. The molecule has 0 aromatic rings. The average molecular weight is 778 g/mol. The molecule has 0 bridgehead atoms. The Balaban J connectivity index is 2.26. The fourth-order valence-electron chi connectivity index (χ4n) is 8.70. The van der Waals surface area contributed by atoms with Gasteiger partial charge in [-0.1, -0.05) is 32.9 Å². The topological polar surface area (TPSA) is 228 Å². The number of nitroso groups, excluding NO2 is 1. The molecular formula is C37H67N3O14. The molecule has 314 valence electrons. The van der Waals surface area contributed by atoms with Crippen molar-refractivity contribution in [1.29, 1.82) is 0 Å². The van der Waals surface area contributed by atoms with Gasteiger partial charge in [-0.25, -0.2) is 0 Å². The van der Waals surface area contributed by atoms with Gasteiger partial charge in [0.15, 0.2) is 12.6 Å². The SMILES string of the molecule is CC[C@@H]1OC(=O)[C@H](C)[C@H](O[C@H]2C[C@@](C)(OC)[C@@H](O)[C@H](C)O2)[C@@H](C)[C@@H](O[C@@H]2O[C@H](C)C[C@H](N(C)N=O)[C@@H]2O)C(C)(OC)C[C@@H](C)/C(=N\O)[C@@H](C)[C@H](O)[C@]1(C)O. The summed E-state index contributed by atoms with van der Waals surface area (Å²) in [4.78, 5) is 25.8. The lowest BCUT2D eigenvalue weighted by Crippen LogP contribution is -2.61. The van der Waals surface area contributed by atoms with Crippen LogP contribution in [0.3, 0.4) is 0 Å². The molecule has 18 atom stereocenters. The number of rotatable bonds is 9. The van der Waals surface area contributed by atoms with Crippen LogP contribution < -0.4 is 0 Å². The van der Waals surface area contributed by atoms with Crippen molar-refractivity contribution >= 4 is 11.7 Å². The van der Waals surface area contributed by atoms with Gasteiger partial charge in [-0.15, -0.1) is 4.91 Å². The number of cyclic esters (lactones) is 1. The molecule has 0 aromatic carbocycles. The summed E-state index contributed by atoms with van der Waals surface area (Å²) in [5.74, 6) is -4.11. The molecule has 17 nitrogen and oxygen atoms in total. The Morgan fingerprint density at radius 3 is 2.06 bits per heavy atom. The number of hydrogen-bond donors (Lipinski definition) is 5. The molecule has 0 spiro atoms. The van der Waals surface area contributed by atoms with Crippen LogP contribution in [0.5, 0.6) is 0 Å².